The summed E-state index contributed by atoms with van der Waals surface area (Å²) in [4.78, 5) is 13.7. The van der Waals surface area contributed by atoms with Gasteiger partial charge in [0.05, 0.1) is 0 Å². The van der Waals surface area contributed by atoms with Crippen molar-refractivity contribution < 1.29 is 4.79 Å². The van der Waals surface area contributed by atoms with Gasteiger partial charge in [-0.15, -0.1) is 0 Å². The van der Waals surface area contributed by atoms with Gasteiger partial charge in [-0.25, -0.2) is 4.79 Å². The molecule has 0 aromatic carbocycles. The molecule has 1 heterocycles. The van der Waals surface area contributed by atoms with Gasteiger partial charge in [0, 0.05) is 19.1 Å². The average molecular weight is 213 g/mol. The third-order valence-electron chi connectivity index (χ3n) is 3.06. The molecule has 1 rings (SSSR count). The van der Waals surface area contributed by atoms with Crippen LogP contribution in [-0.2, 0) is 0 Å². The number of nitrogens with two attached hydrogens (primary N) is 1. The summed E-state index contributed by atoms with van der Waals surface area (Å²) in [7, 11) is 0. The fourth-order valence-corrected chi connectivity index (χ4v) is 2.07. The quantitative estimate of drug-likeness (QED) is 0.689. The Morgan fingerprint density at radius 2 is 2.33 bits per heavy atom. The molecule has 0 aliphatic carbocycles. The second-order valence-corrected chi connectivity index (χ2v) is 4.42. The Labute approximate surface area is 92.2 Å². The van der Waals surface area contributed by atoms with Crippen molar-refractivity contribution in [1.82, 2.24) is 10.2 Å². The lowest BCUT2D eigenvalue weighted by atomic mass is 10.1. The zero-order chi connectivity index (χ0) is 11.3. The van der Waals surface area contributed by atoms with Crippen LogP contribution < -0.4 is 11.1 Å². The summed E-state index contributed by atoms with van der Waals surface area (Å²) >= 11 is 0. The van der Waals surface area contributed by atoms with Gasteiger partial charge in [0.15, 0.2) is 0 Å². The Hall–Kier alpha value is -0.770. The Morgan fingerprint density at radius 3 is 2.87 bits per heavy atom. The number of nitrogens with zero attached hydrogens (tertiary/aromatic N) is 1. The maximum Gasteiger partial charge on any atom is 0.317 e. The molecular formula is C11H23N3O. The van der Waals surface area contributed by atoms with Crippen molar-refractivity contribution in [3.63, 3.8) is 0 Å². The van der Waals surface area contributed by atoms with Crippen molar-refractivity contribution in [1.29, 1.82) is 0 Å². The summed E-state index contributed by atoms with van der Waals surface area (Å²) < 4.78 is 0. The number of likely N-dealkylation sites (tertiary alicyclic amines) is 1. The van der Waals surface area contributed by atoms with Crippen molar-refractivity contribution >= 4 is 6.03 Å². The highest BCUT2D eigenvalue weighted by Crippen LogP contribution is 2.21. The number of carbonyl (C=O) groups excluding carboxylic acids is 1. The Morgan fingerprint density at radius 1 is 1.60 bits per heavy atom. The van der Waals surface area contributed by atoms with Crippen LogP contribution in [0.4, 0.5) is 4.79 Å². The van der Waals surface area contributed by atoms with Gasteiger partial charge < -0.3 is 16.0 Å². The summed E-state index contributed by atoms with van der Waals surface area (Å²) in [6, 6.07) is 0.409. The number of urea groups is 1. The van der Waals surface area contributed by atoms with Crippen molar-refractivity contribution in [2.45, 2.75) is 39.2 Å². The molecule has 0 spiro atoms. The molecule has 88 valence electrons. The number of rotatable bonds is 4. The van der Waals surface area contributed by atoms with Gasteiger partial charge in [0.2, 0.25) is 0 Å². The molecular weight excluding hydrogens is 190 g/mol. The second-order valence-electron chi connectivity index (χ2n) is 4.42. The highest BCUT2D eigenvalue weighted by Gasteiger charge is 2.31. The fourth-order valence-electron chi connectivity index (χ4n) is 2.07. The minimum atomic E-state index is 0.0758. The summed E-state index contributed by atoms with van der Waals surface area (Å²) in [6.45, 7) is 6.49. The van der Waals surface area contributed by atoms with E-state index < -0.39 is 0 Å². The van der Waals surface area contributed by atoms with Crippen LogP contribution in [0.2, 0.25) is 0 Å². The summed E-state index contributed by atoms with van der Waals surface area (Å²) in [5.74, 6) is 0.483. The van der Waals surface area contributed by atoms with Gasteiger partial charge in [0.25, 0.3) is 0 Å². The summed E-state index contributed by atoms with van der Waals surface area (Å²) in [5, 5.41) is 2.95. The highest BCUT2D eigenvalue weighted by atomic mass is 16.2. The molecule has 1 aliphatic heterocycles. The van der Waals surface area contributed by atoms with Gasteiger partial charge in [0.1, 0.15) is 0 Å². The van der Waals surface area contributed by atoms with Gasteiger partial charge in [-0.2, -0.15) is 0 Å². The number of hydrogen-bond acceptors (Lipinski definition) is 2. The number of carbonyl (C=O) groups is 1. The van der Waals surface area contributed by atoms with E-state index in [9.17, 15) is 4.79 Å². The SMILES string of the molecule is CCCCNC(=O)N1CC(CN)CC1C. The van der Waals surface area contributed by atoms with Crippen molar-refractivity contribution in [3.05, 3.63) is 0 Å². The minimum Gasteiger partial charge on any atom is -0.338 e. The molecule has 0 radical (unpaired) electrons. The monoisotopic (exact) mass is 213 g/mol. The largest absolute Gasteiger partial charge is 0.338 e. The van der Waals surface area contributed by atoms with Crippen molar-refractivity contribution in [2.24, 2.45) is 11.7 Å². The highest BCUT2D eigenvalue weighted by molar-refractivity contribution is 5.74. The van der Waals surface area contributed by atoms with Crippen molar-refractivity contribution in [2.75, 3.05) is 19.6 Å². The van der Waals surface area contributed by atoms with Crippen LogP contribution >= 0.6 is 0 Å². The first-order valence-corrected chi connectivity index (χ1v) is 5.93. The molecule has 4 heteroatoms. The van der Waals surface area contributed by atoms with E-state index in [1.165, 1.54) is 0 Å². The summed E-state index contributed by atoms with van der Waals surface area (Å²) in [5.41, 5.74) is 5.62. The Bertz CT molecular complexity index is 208. The molecule has 0 saturated carbocycles. The molecule has 2 amide bonds. The lowest BCUT2D eigenvalue weighted by molar-refractivity contribution is 0.195. The zero-order valence-electron chi connectivity index (χ0n) is 9.83. The number of hydrogen-bond donors (Lipinski definition) is 2. The topological polar surface area (TPSA) is 58.4 Å². The van der Waals surface area contributed by atoms with Crippen LogP contribution in [0.25, 0.3) is 0 Å². The number of nitrogens with one attached hydrogen (secondary N) is 1. The van der Waals surface area contributed by atoms with E-state index in [1.807, 2.05) is 4.90 Å². The predicted molar refractivity (Wildman–Crippen MR) is 61.6 cm³/mol. The molecule has 0 aromatic heterocycles. The fraction of sp³-hybridized carbons (Fsp3) is 0.909. The average Bonchev–Trinajstić information content (AvgIpc) is 2.60. The van der Waals surface area contributed by atoms with Crippen molar-refractivity contribution in [3.8, 4) is 0 Å². The third-order valence-corrected chi connectivity index (χ3v) is 3.06. The first-order chi connectivity index (χ1) is 7.19. The molecule has 1 aliphatic rings. The van der Waals surface area contributed by atoms with E-state index in [4.69, 9.17) is 5.73 Å². The standard InChI is InChI=1S/C11H23N3O/c1-3-4-5-13-11(15)14-8-10(7-12)6-9(14)2/h9-10H,3-8,12H2,1-2H3,(H,13,15). The molecule has 2 unspecified atom stereocenters. The second kappa shape index (κ2) is 5.95. The smallest absolute Gasteiger partial charge is 0.317 e. The van der Waals surface area contributed by atoms with Gasteiger partial charge >= 0.3 is 6.03 Å². The molecule has 4 nitrogen and oxygen atoms in total. The van der Waals surface area contributed by atoms with Crippen LogP contribution in [0.5, 0.6) is 0 Å². The van der Waals surface area contributed by atoms with Gasteiger partial charge in [-0.05, 0) is 32.2 Å². The molecule has 1 fully saturated rings. The first kappa shape index (κ1) is 12.3. The van der Waals surface area contributed by atoms with Crippen LogP contribution in [0, 0.1) is 5.92 Å². The van der Waals surface area contributed by atoms with Gasteiger partial charge in [-0.3, -0.25) is 0 Å². The lowest BCUT2D eigenvalue weighted by Crippen LogP contribution is -2.42. The predicted octanol–water partition coefficient (Wildman–Crippen LogP) is 1.17. The molecule has 2 atom stereocenters. The van der Waals surface area contributed by atoms with Crippen LogP contribution in [0.15, 0.2) is 0 Å². The molecule has 0 aromatic rings. The van der Waals surface area contributed by atoms with Crippen LogP contribution in [-0.4, -0.2) is 36.6 Å². The van der Waals surface area contributed by atoms with E-state index in [0.29, 0.717) is 18.5 Å². The van der Waals surface area contributed by atoms with E-state index in [0.717, 1.165) is 32.4 Å². The number of unbranched alkanes of at least 4 members (excludes halogenated alkanes) is 1. The Balaban J connectivity index is 2.33. The van der Waals surface area contributed by atoms with Crippen LogP contribution in [0.3, 0.4) is 0 Å². The zero-order valence-corrected chi connectivity index (χ0v) is 9.83. The van der Waals surface area contributed by atoms with Gasteiger partial charge in [-0.1, -0.05) is 13.3 Å². The Kier molecular flexibility index (Phi) is 4.88. The molecule has 15 heavy (non-hydrogen) atoms. The lowest BCUT2D eigenvalue weighted by Gasteiger charge is -2.21. The third kappa shape index (κ3) is 3.38. The molecule has 3 N–H and O–H groups in total. The number of amides is 2. The van der Waals surface area contributed by atoms with E-state index in [2.05, 4.69) is 19.2 Å². The van der Waals surface area contributed by atoms with Crippen LogP contribution in [0.1, 0.15) is 33.1 Å². The first-order valence-electron chi connectivity index (χ1n) is 5.93. The minimum absolute atomic E-state index is 0.0758. The summed E-state index contributed by atoms with van der Waals surface area (Å²) in [6.07, 6.45) is 3.20. The normalized spacial score (nSPS) is 25.7. The maximum atomic E-state index is 11.8. The van der Waals surface area contributed by atoms with E-state index in [-0.39, 0.29) is 6.03 Å². The maximum absolute atomic E-state index is 11.8. The molecule has 1 saturated heterocycles. The van der Waals surface area contributed by atoms with E-state index >= 15 is 0 Å². The van der Waals surface area contributed by atoms with E-state index in [1.54, 1.807) is 0 Å². The molecule has 0 bridgehead atoms.